The number of amides is 1. The summed E-state index contributed by atoms with van der Waals surface area (Å²) in [4.78, 5) is 17.7. The summed E-state index contributed by atoms with van der Waals surface area (Å²) in [6.07, 6.45) is 1.83. The van der Waals surface area contributed by atoms with Crippen molar-refractivity contribution in [1.82, 2.24) is 4.90 Å². The fraction of sp³-hybridized carbons (Fsp3) is 0.889. The van der Waals surface area contributed by atoms with Crippen molar-refractivity contribution >= 4 is 6.09 Å². The molecule has 0 aromatic heterocycles. The van der Waals surface area contributed by atoms with Gasteiger partial charge in [0.15, 0.2) is 0 Å². The summed E-state index contributed by atoms with van der Waals surface area (Å²) in [7, 11) is 0. The highest BCUT2D eigenvalue weighted by Gasteiger charge is 2.24. The molecule has 1 atom stereocenters. The second kappa shape index (κ2) is 5.82. The fourth-order valence-electron chi connectivity index (χ4n) is 1.72. The number of nitrogens with two attached hydrogens (primary N) is 1. The average molecular weight is 202 g/mol. The molecule has 2 N–H and O–H groups in total. The quantitative estimate of drug-likeness (QED) is 0.686. The Morgan fingerprint density at radius 2 is 2.43 bits per heavy atom. The standard InChI is InChI=1S/C9H18N2O3/c1-2-13-9(12)11-5-3-4-8(6-11)7-14-10/h8H,2-7,10H2,1H3. The minimum Gasteiger partial charge on any atom is -0.450 e. The van der Waals surface area contributed by atoms with E-state index < -0.39 is 0 Å². The first-order valence-electron chi connectivity index (χ1n) is 5.01. The summed E-state index contributed by atoms with van der Waals surface area (Å²) in [5.41, 5.74) is 0. The van der Waals surface area contributed by atoms with Gasteiger partial charge in [-0.15, -0.1) is 0 Å². The lowest BCUT2D eigenvalue weighted by molar-refractivity contribution is 0.0498. The first kappa shape index (κ1) is 11.3. The number of rotatable bonds is 3. The molecular formula is C9H18N2O3. The Morgan fingerprint density at radius 1 is 1.64 bits per heavy atom. The summed E-state index contributed by atoms with van der Waals surface area (Å²) >= 11 is 0. The van der Waals surface area contributed by atoms with E-state index in [0.29, 0.717) is 25.7 Å². The van der Waals surface area contributed by atoms with Crippen LogP contribution < -0.4 is 5.90 Å². The van der Waals surface area contributed by atoms with Gasteiger partial charge in [-0.2, -0.15) is 0 Å². The van der Waals surface area contributed by atoms with Crippen molar-refractivity contribution in [2.24, 2.45) is 11.8 Å². The van der Waals surface area contributed by atoms with Gasteiger partial charge < -0.3 is 14.5 Å². The molecule has 1 rings (SSSR count). The maximum Gasteiger partial charge on any atom is 0.409 e. The van der Waals surface area contributed by atoms with E-state index in [-0.39, 0.29) is 6.09 Å². The number of hydrogen-bond donors (Lipinski definition) is 1. The first-order chi connectivity index (χ1) is 6.77. The van der Waals surface area contributed by atoms with E-state index in [4.69, 9.17) is 10.6 Å². The largest absolute Gasteiger partial charge is 0.450 e. The molecule has 0 aromatic carbocycles. The third kappa shape index (κ3) is 3.16. The Labute approximate surface area is 84.1 Å². The number of hydrogen-bond acceptors (Lipinski definition) is 4. The number of ether oxygens (including phenoxy) is 1. The zero-order chi connectivity index (χ0) is 10.4. The van der Waals surface area contributed by atoms with Gasteiger partial charge in [0.2, 0.25) is 0 Å². The van der Waals surface area contributed by atoms with Gasteiger partial charge in [-0.3, -0.25) is 0 Å². The van der Waals surface area contributed by atoms with Crippen molar-refractivity contribution in [2.45, 2.75) is 19.8 Å². The summed E-state index contributed by atoms with van der Waals surface area (Å²) in [5, 5.41) is 0. The lowest BCUT2D eigenvalue weighted by atomic mass is 9.99. The van der Waals surface area contributed by atoms with Gasteiger partial charge in [0.05, 0.1) is 13.2 Å². The van der Waals surface area contributed by atoms with E-state index in [1.54, 1.807) is 4.90 Å². The van der Waals surface area contributed by atoms with Gasteiger partial charge in [-0.05, 0) is 19.8 Å². The van der Waals surface area contributed by atoms with Crippen molar-refractivity contribution in [3.05, 3.63) is 0 Å². The van der Waals surface area contributed by atoms with Crippen molar-refractivity contribution in [1.29, 1.82) is 0 Å². The van der Waals surface area contributed by atoms with E-state index in [9.17, 15) is 4.79 Å². The second-order valence-electron chi connectivity index (χ2n) is 3.49. The van der Waals surface area contributed by atoms with Crippen molar-refractivity contribution in [2.75, 3.05) is 26.3 Å². The van der Waals surface area contributed by atoms with Crippen LogP contribution in [0.5, 0.6) is 0 Å². The van der Waals surface area contributed by atoms with E-state index in [1.165, 1.54) is 0 Å². The smallest absolute Gasteiger partial charge is 0.409 e. The number of piperidine rings is 1. The van der Waals surface area contributed by atoms with Gasteiger partial charge in [0.25, 0.3) is 0 Å². The van der Waals surface area contributed by atoms with E-state index in [1.807, 2.05) is 6.92 Å². The number of nitrogens with zero attached hydrogens (tertiary/aromatic N) is 1. The Morgan fingerprint density at radius 3 is 3.07 bits per heavy atom. The monoisotopic (exact) mass is 202 g/mol. The van der Waals surface area contributed by atoms with Crippen molar-refractivity contribution in [3.8, 4) is 0 Å². The molecule has 0 radical (unpaired) electrons. The molecule has 5 heteroatoms. The number of likely N-dealkylation sites (tertiary alicyclic amines) is 1. The molecular weight excluding hydrogens is 184 g/mol. The molecule has 0 spiro atoms. The van der Waals surface area contributed by atoms with Crippen LogP contribution in [0, 0.1) is 5.92 Å². The molecule has 1 aliphatic rings. The van der Waals surface area contributed by atoms with Gasteiger partial charge in [-0.25, -0.2) is 10.7 Å². The molecule has 82 valence electrons. The molecule has 1 heterocycles. The molecule has 1 unspecified atom stereocenters. The lowest BCUT2D eigenvalue weighted by Gasteiger charge is -2.31. The minimum atomic E-state index is -0.228. The summed E-state index contributed by atoms with van der Waals surface area (Å²) < 4.78 is 4.92. The summed E-state index contributed by atoms with van der Waals surface area (Å²) in [6.45, 7) is 4.21. The number of carbonyl (C=O) groups is 1. The third-order valence-corrected chi connectivity index (χ3v) is 2.38. The molecule has 0 aliphatic carbocycles. The molecule has 14 heavy (non-hydrogen) atoms. The second-order valence-corrected chi connectivity index (χ2v) is 3.49. The van der Waals surface area contributed by atoms with Crippen LogP contribution >= 0.6 is 0 Å². The summed E-state index contributed by atoms with van der Waals surface area (Å²) in [6, 6.07) is 0. The molecule has 1 fully saturated rings. The third-order valence-electron chi connectivity index (χ3n) is 2.38. The Bertz CT molecular complexity index is 185. The molecule has 0 saturated carbocycles. The van der Waals surface area contributed by atoms with Crippen molar-refractivity contribution in [3.63, 3.8) is 0 Å². The average Bonchev–Trinajstić information content (AvgIpc) is 2.19. The zero-order valence-electron chi connectivity index (χ0n) is 8.57. The topological polar surface area (TPSA) is 64.8 Å². The normalized spacial score (nSPS) is 22.1. The molecule has 0 aromatic rings. The molecule has 0 bridgehead atoms. The van der Waals surface area contributed by atoms with E-state index in [0.717, 1.165) is 19.4 Å². The van der Waals surface area contributed by atoms with Crippen LogP contribution in [-0.2, 0) is 9.57 Å². The molecule has 1 aliphatic heterocycles. The predicted octanol–water partition coefficient (Wildman–Crippen LogP) is 0.745. The Hall–Kier alpha value is -0.810. The first-order valence-corrected chi connectivity index (χ1v) is 5.01. The van der Waals surface area contributed by atoms with E-state index in [2.05, 4.69) is 4.84 Å². The van der Waals surface area contributed by atoms with Gasteiger partial charge >= 0.3 is 6.09 Å². The maximum absolute atomic E-state index is 11.4. The highest BCUT2D eigenvalue weighted by molar-refractivity contribution is 5.67. The minimum absolute atomic E-state index is 0.228. The fourth-order valence-corrected chi connectivity index (χ4v) is 1.72. The lowest BCUT2D eigenvalue weighted by Crippen LogP contribution is -2.41. The van der Waals surface area contributed by atoms with Gasteiger partial charge in [0.1, 0.15) is 0 Å². The van der Waals surface area contributed by atoms with Crippen LogP contribution in [0.3, 0.4) is 0 Å². The van der Waals surface area contributed by atoms with Crippen LogP contribution in [-0.4, -0.2) is 37.3 Å². The highest BCUT2D eigenvalue weighted by atomic mass is 16.6. The van der Waals surface area contributed by atoms with E-state index >= 15 is 0 Å². The van der Waals surface area contributed by atoms with Crippen LogP contribution in [0.15, 0.2) is 0 Å². The van der Waals surface area contributed by atoms with Gasteiger partial charge in [0, 0.05) is 19.0 Å². The Kier molecular flexibility index (Phi) is 4.69. The maximum atomic E-state index is 11.4. The SMILES string of the molecule is CCOC(=O)N1CCCC(CON)C1. The van der Waals surface area contributed by atoms with Crippen LogP contribution in [0.4, 0.5) is 4.79 Å². The predicted molar refractivity (Wildman–Crippen MR) is 51.5 cm³/mol. The van der Waals surface area contributed by atoms with Crippen LogP contribution in [0.1, 0.15) is 19.8 Å². The molecule has 5 nitrogen and oxygen atoms in total. The number of carbonyl (C=O) groups excluding carboxylic acids is 1. The molecule has 1 amide bonds. The summed E-state index contributed by atoms with van der Waals surface area (Å²) in [5.74, 6) is 5.35. The van der Waals surface area contributed by atoms with Crippen LogP contribution in [0.25, 0.3) is 0 Å². The zero-order valence-corrected chi connectivity index (χ0v) is 8.57. The van der Waals surface area contributed by atoms with Crippen molar-refractivity contribution < 1.29 is 14.4 Å². The molecule has 1 saturated heterocycles. The Balaban J connectivity index is 2.35. The van der Waals surface area contributed by atoms with Gasteiger partial charge in [-0.1, -0.05) is 0 Å². The highest BCUT2D eigenvalue weighted by Crippen LogP contribution is 2.16. The van der Waals surface area contributed by atoms with Crippen LogP contribution in [0.2, 0.25) is 0 Å².